The lowest BCUT2D eigenvalue weighted by Crippen LogP contribution is -2.34. The molecule has 134 valence electrons. The normalized spacial score (nSPS) is 23.9. The number of nitrogens with zero attached hydrogens (tertiary/aromatic N) is 1. The van der Waals surface area contributed by atoms with E-state index in [2.05, 4.69) is 21.7 Å². The van der Waals surface area contributed by atoms with Crippen LogP contribution < -0.4 is 10.6 Å². The fraction of sp³-hybridized carbons (Fsp3) is 0.444. The monoisotopic (exact) mass is 351 g/mol. The minimum absolute atomic E-state index is 0.0981. The highest BCUT2D eigenvalue weighted by molar-refractivity contribution is 5.95. The van der Waals surface area contributed by atoms with Gasteiger partial charge in [-0.15, -0.1) is 0 Å². The molecule has 2 N–H and O–H groups in total. The topological polar surface area (TPSA) is 54.0 Å². The number of pyridine rings is 1. The Kier molecular flexibility index (Phi) is 5.22. The van der Waals surface area contributed by atoms with E-state index in [0.29, 0.717) is 17.5 Å². The Morgan fingerprint density at radius 2 is 2.16 bits per heavy atom. The van der Waals surface area contributed by atoms with Crippen molar-refractivity contribution in [1.29, 1.82) is 0 Å². The minimum Gasteiger partial charge on any atom is -0.322 e. The van der Waals surface area contributed by atoms with Crippen LogP contribution >= 0.6 is 0 Å². The molecule has 1 saturated heterocycles. The number of allylic oxidation sites excluding steroid dienone is 3. The first-order chi connectivity index (χ1) is 11.9. The Labute approximate surface area is 144 Å². The van der Waals surface area contributed by atoms with E-state index in [-0.39, 0.29) is 5.56 Å². The number of carbonyl (C=O) groups excluding carboxylic acids is 1. The molecule has 2 aliphatic rings. The molecule has 4 nitrogen and oxygen atoms in total. The summed E-state index contributed by atoms with van der Waals surface area (Å²) < 4.78 is 37.5. The number of aromatic nitrogens is 1. The standard InChI is InChI=1S/C18H20F3N3O/c19-18(20,21)16-8-5-14(11-23-16)17(25)24-15-6-3-12(4-7-15)13-2-1-9-22-10-13/h3,5-8,11-13,22H,1-2,4,9-10H2,(H,24,25)/t12?,13-/m1/s1. The van der Waals surface area contributed by atoms with Gasteiger partial charge in [-0.2, -0.15) is 13.2 Å². The molecule has 1 fully saturated rings. The van der Waals surface area contributed by atoms with E-state index in [4.69, 9.17) is 0 Å². The van der Waals surface area contributed by atoms with Gasteiger partial charge < -0.3 is 10.6 Å². The third kappa shape index (κ3) is 4.48. The summed E-state index contributed by atoms with van der Waals surface area (Å²) in [5.41, 5.74) is -0.240. The molecular formula is C18H20F3N3O. The fourth-order valence-electron chi connectivity index (χ4n) is 3.22. The molecule has 0 radical (unpaired) electrons. The molecular weight excluding hydrogens is 331 g/mol. The Morgan fingerprint density at radius 3 is 2.72 bits per heavy atom. The van der Waals surface area contributed by atoms with Crippen LogP contribution in [0.4, 0.5) is 13.2 Å². The maximum Gasteiger partial charge on any atom is 0.433 e. The molecule has 2 atom stereocenters. The Balaban J connectivity index is 1.57. The van der Waals surface area contributed by atoms with Crippen molar-refractivity contribution >= 4 is 5.91 Å². The molecule has 1 unspecified atom stereocenters. The average molecular weight is 351 g/mol. The molecule has 3 rings (SSSR count). The first-order valence-corrected chi connectivity index (χ1v) is 8.37. The summed E-state index contributed by atoms with van der Waals surface area (Å²) in [6.07, 6.45) is 5.63. The summed E-state index contributed by atoms with van der Waals surface area (Å²) >= 11 is 0. The zero-order chi connectivity index (χ0) is 17.9. The van der Waals surface area contributed by atoms with Crippen molar-refractivity contribution in [3.63, 3.8) is 0 Å². The predicted octanol–water partition coefficient (Wildman–Crippen LogP) is 3.29. The van der Waals surface area contributed by atoms with Crippen molar-refractivity contribution in [3.05, 3.63) is 53.5 Å². The van der Waals surface area contributed by atoms with Gasteiger partial charge in [-0.05, 0) is 62.4 Å². The molecule has 25 heavy (non-hydrogen) atoms. The number of halogens is 3. The Bertz CT molecular complexity index is 674. The fourth-order valence-corrected chi connectivity index (χ4v) is 3.22. The van der Waals surface area contributed by atoms with Gasteiger partial charge in [-0.25, -0.2) is 0 Å². The summed E-state index contributed by atoms with van der Waals surface area (Å²) in [6, 6.07) is 1.95. The highest BCUT2D eigenvalue weighted by atomic mass is 19.4. The molecule has 2 heterocycles. The Hall–Kier alpha value is -2.15. The third-order valence-corrected chi connectivity index (χ3v) is 4.65. The summed E-state index contributed by atoms with van der Waals surface area (Å²) in [5.74, 6) is 0.605. The van der Waals surface area contributed by atoms with Crippen LogP contribution in [0.15, 0.2) is 42.3 Å². The maximum absolute atomic E-state index is 12.5. The van der Waals surface area contributed by atoms with Gasteiger partial charge >= 0.3 is 6.18 Å². The van der Waals surface area contributed by atoms with Gasteiger partial charge in [0.05, 0.1) is 5.56 Å². The number of rotatable bonds is 3. The van der Waals surface area contributed by atoms with Crippen LogP contribution in [0.25, 0.3) is 0 Å². The van der Waals surface area contributed by atoms with E-state index >= 15 is 0 Å². The second-order valence-corrected chi connectivity index (χ2v) is 6.41. The van der Waals surface area contributed by atoms with Crippen molar-refractivity contribution in [2.45, 2.75) is 25.4 Å². The highest BCUT2D eigenvalue weighted by Gasteiger charge is 2.32. The minimum atomic E-state index is -4.51. The van der Waals surface area contributed by atoms with Crippen molar-refractivity contribution in [2.24, 2.45) is 11.8 Å². The van der Waals surface area contributed by atoms with Gasteiger partial charge in [0.25, 0.3) is 5.91 Å². The van der Waals surface area contributed by atoms with E-state index in [9.17, 15) is 18.0 Å². The molecule has 0 bridgehead atoms. The lowest BCUT2D eigenvalue weighted by atomic mass is 9.82. The summed E-state index contributed by atoms with van der Waals surface area (Å²) in [4.78, 5) is 15.4. The summed E-state index contributed by atoms with van der Waals surface area (Å²) in [7, 11) is 0. The average Bonchev–Trinajstić information content (AvgIpc) is 2.62. The van der Waals surface area contributed by atoms with Crippen molar-refractivity contribution in [2.75, 3.05) is 13.1 Å². The Morgan fingerprint density at radius 1 is 1.32 bits per heavy atom. The quantitative estimate of drug-likeness (QED) is 0.879. The summed E-state index contributed by atoms with van der Waals surface area (Å²) in [5, 5.41) is 6.12. The number of hydrogen-bond acceptors (Lipinski definition) is 3. The second-order valence-electron chi connectivity index (χ2n) is 6.41. The lowest BCUT2D eigenvalue weighted by Gasteiger charge is -2.30. The number of hydrogen-bond donors (Lipinski definition) is 2. The van der Waals surface area contributed by atoms with Crippen molar-refractivity contribution in [1.82, 2.24) is 15.6 Å². The predicted molar refractivity (Wildman–Crippen MR) is 87.6 cm³/mol. The van der Waals surface area contributed by atoms with E-state index in [1.54, 1.807) is 0 Å². The van der Waals surface area contributed by atoms with Crippen LogP contribution in [-0.4, -0.2) is 24.0 Å². The molecule has 1 aliphatic carbocycles. The van der Waals surface area contributed by atoms with Gasteiger partial charge in [0.15, 0.2) is 0 Å². The third-order valence-electron chi connectivity index (χ3n) is 4.65. The number of carbonyl (C=O) groups is 1. The largest absolute Gasteiger partial charge is 0.433 e. The van der Waals surface area contributed by atoms with Gasteiger partial charge in [-0.3, -0.25) is 9.78 Å². The smallest absolute Gasteiger partial charge is 0.322 e. The molecule has 1 aliphatic heterocycles. The molecule has 0 aromatic carbocycles. The van der Waals surface area contributed by atoms with E-state index < -0.39 is 17.8 Å². The van der Waals surface area contributed by atoms with Gasteiger partial charge in [0.2, 0.25) is 0 Å². The van der Waals surface area contributed by atoms with Gasteiger partial charge in [0, 0.05) is 11.9 Å². The van der Waals surface area contributed by atoms with Crippen LogP contribution in [0.3, 0.4) is 0 Å². The zero-order valence-corrected chi connectivity index (χ0v) is 13.6. The van der Waals surface area contributed by atoms with Crippen LogP contribution in [0.1, 0.15) is 35.3 Å². The molecule has 1 aromatic rings. The number of piperidine rings is 1. The van der Waals surface area contributed by atoms with E-state index in [0.717, 1.165) is 37.8 Å². The molecule has 1 amide bonds. The van der Waals surface area contributed by atoms with Crippen LogP contribution in [0.5, 0.6) is 0 Å². The molecule has 0 saturated carbocycles. The molecule has 7 heteroatoms. The zero-order valence-electron chi connectivity index (χ0n) is 13.6. The lowest BCUT2D eigenvalue weighted by molar-refractivity contribution is -0.141. The second kappa shape index (κ2) is 7.39. The summed E-state index contributed by atoms with van der Waals surface area (Å²) in [6.45, 7) is 2.09. The number of amides is 1. The van der Waals surface area contributed by atoms with Gasteiger partial charge in [-0.1, -0.05) is 12.2 Å². The van der Waals surface area contributed by atoms with Crippen molar-refractivity contribution < 1.29 is 18.0 Å². The maximum atomic E-state index is 12.5. The van der Waals surface area contributed by atoms with E-state index in [1.165, 1.54) is 12.8 Å². The first-order valence-electron chi connectivity index (χ1n) is 8.37. The SMILES string of the molecule is O=C(NC1=CCC([C@@H]2CCCNC2)C=C1)c1ccc(C(F)(F)F)nc1. The highest BCUT2D eigenvalue weighted by Crippen LogP contribution is 2.28. The number of nitrogens with one attached hydrogen (secondary N) is 2. The molecule has 1 aromatic heterocycles. The van der Waals surface area contributed by atoms with Crippen LogP contribution in [0, 0.1) is 11.8 Å². The van der Waals surface area contributed by atoms with E-state index in [1.807, 2.05) is 12.2 Å². The first kappa shape index (κ1) is 17.7. The number of alkyl halides is 3. The van der Waals surface area contributed by atoms with Crippen LogP contribution in [-0.2, 0) is 6.18 Å². The van der Waals surface area contributed by atoms with Crippen molar-refractivity contribution in [3.8, 4) is 0 Å². The molecule has 0 spiro atoms. The van der Waals surface area contributed by atoms with Gasteiger partial charge in [0.1, 0.15) is 5.69 Å². The van der Waals surface area contributed by atoms with Crippen LogP contribution in [0.2, 0.25) is 0 Å².